The Balaban J connectivity index is 2.14. The van der Waals surface area contributed by atoms with Crippen LogP contribution in [-0.2, 0) is 6.54 Å². The van der Waals surface area contributed by atoms with Crippen molar-refractivity contribution in [1.82, 2.24) is 0 Å². The highest BCUT2D eigenvalue weighted by atomic mass is 32.1. The molecule has 0 fully saturated rings. The third-order valence-electron chi connectivity index (χ3n) is 3.14. The summed E-state index contributed by atoms with van der Waals surface area (Å²) in [7, 11) is 0. The molecular weight excluding hydrogens is 266 g/mol. The predicted molar refractivity (Wildman–Crippen MR) is 86.2 cm³/mol. The molecule has 0 aliphatic rings. The molecule has 0 atom stereocenters. The van der Waals surface area contributed by atoms with E-state index >= 15 is 0 Å². The van der Waals surface area contributed by atoms with Crippen molar-refractivity contribution in [3.05, 3.63) is 51.7 Å². The van der Waals surface area contributed by atoms with E-state index in [-0.39, 0.29) is 6.61 Å². The molecule has 0 saturated heterocycles. The molecule has 0 aliphatic carbocycles. The number of nitrogens with zero attached hydrogens (tertiary/aromatic N) is 1. The zero-order valence-corrected chi connectivity index (χ0v) is 12.7. The molecular formula is C17H19NOS. The van der Waals surface area contributed by atoms with E-state index in [1.165, 1.54) is 16.1 Å². The van der Waals surface area contributed by atoms with E-state index in [0.29, 0.717) is 0 Å². The maximum Gasteiger partial charge on any atom is 0.104 e. The summed E-state index contributed by atoms with van der Waals surface area (Å²) in [5, 5.41) is 8.72. The Morgan fingerprint density at radius 3 is 2.70 bits per heavy atom. The van der Waals surface area contributed by atoms with Crippen LogP contribution in [0.5, 0.6) is 0 Å². The lowest BCUT2D eigenvalue weighted by molar-refractivity contribution is 0.350. The Hall–Kier alpha value is -1.76. The second kappa shape index (κ2) is 7.14. The van der Waals surface area contributed by atoms with Crippen LogP contribution >= 0.6 is 11.3 Å². The van der Waals surface area contributed by atoms with E-state index in [9.17, 15) is 0 Å². The number of aryl methyl sites for hydroxylation is 1. The fraction of sp³-hybridized carbons (Fsp3) is 0.294. The molecule has 104 valence electrons. The van der Waals surface area contributed by atoms with Gasteiger partial charge in [-0.05, 0) is 37.6 Å². The fourth-order valence-corrected chi connectivity index (χ4v) is 3.03. The highest BCUT2D eigenvalue weighted by Crippen LogP contribution is 2.24. The van der Waals surface area contributed by atoms with Gasteiger partial charge in [0, 0.05) is 17.1 Å². The van der Waals surface area contributed by atoms with Crippen molar-refractivity contribution in [2.75, 3.05) is 18.1 Å². The van der Waals surface area contributed by atoms with Crippen molar-refractivity contribution in [3.63, 3.8) is 0 Å². The molecule has 1 aromatic heterocycles. The Labute approximate surface area is 124 Å². The summed E-state index contributed by atoms with van der Waals surface area (Å²) >= 11 is 1.69. The summed E-state index contributed by atoms with van der Waals surface area (Å²) in [4.78, 5) is 4.66. The average molecular weight is 285 g/mol. The van der Waals surface area contributed by atoms with E-state index < -0.39 is 0 Å². The Kier molecular flexibility index (Phi) is 5.23. The summed E-state index contributed by atoms with van der Waals surface area (Å²) in [6.07, 6.45) is 0. The third kappa shape index (κ3) is 3.63. The first-order valence-corrected chi connectivity index (χ1v) is 7.55. The Bertz CT molecular complexity index is 621. The quantitative estimate of drug-likeness (QED) is 0.870. The number of aliphatic hydroxyl groups excluding tert-OH is 1. The number of para-hydroxylation sites is 1. The molecule has 0 saturated carbocycles. The van der Waals surface area contributed by atoms with Gasteiger partial charge >= 0.3 is 0 Å². The Morgan fingerprint density at radius 2 is 2.00 bits per heavy atom. The molecule has 0 aliphatic heterocycles. The maximum absolute atomic E-state index is 8.72. The van der Waals surface area contributed by atoms with Gasteiger partial charge < -0.3 is 10.0 Å². The number of aliphatic hydroxyl groups is 1. The van der Waals surface area contributed by atoms with Crippen LogP contribution in [0.2, 0.25) is 0 Å². The average Bonchev–Trinajstić information content (AvgIpc) is 2.91. The maximum atomic E-state index is 8.72. The van der Waals surface area contributed by atoms with Crippen LogP contribution in [0.3, 0.4) is 0 Å². The molecule has 3 heteroatoms. The van der Waals surface area contributed by atoms with E-state index in [0.717, 1.165) is 18.0 Å². The highest BCUT2D eigenvalue weighted by Gasteiger charge is 2.09. The first-order chi connectivity index (χ1) is 9.74. The van der Waals surface area contributed by atoms with Crippen LogP contribution in [-0.4, -0.2) is 18.3 Å². The molecule has 2 nitrogen and oxygen atoms in total. The van der Waals surface area contributed by atoms with Crippen molar-refractivity contribution >= 4 is 17.0 Å². The molecule has 0 bridgehead atoms. The second-order valence-electron chi connectivity index (χ2n) is 4.53. The van der Waals surface area contributed by atoms with Crippen LogP contribution in [0.4, 0.5) is 5.69 Å². The minimum atomic E-state index is -0.0858. The summed E-state index contributed by atoms with van der Waals surface area (Å²) in [5.74, 6) is 5.65. The van der Waals surface area contributed by atoms with Crippen LogP contribution in [0.1, 0.15) is 22.2 Å². The van der Waals surface area contributed by atoms with Crippen LogP contribution < -0.4 is 4.90 Å². The van der Waals surface area contributed by atoms with Gasteiger partial charge in [0.2, 0.25) is 0 Å². The van der Waals surface area contributed by atoms with Gasteiger partial charge in [-0.1, -0.05) is 30.0 Å². The SMILES string of the molecule is CCN(Cc1ccc(C#CCO)s1)c1ccccc1C. The lowest BCUT2D eigenvalue weighted by atomic mass is 10.2. The minimum Gasteiger partial charge on any atom is -0.384 e. The molecule has 1 heterocycles. The standard InChI is InChI=1S/C17H19NOS/c1-3-18(17-9-5-4-7-14(17)2)13-16-11-10-15(20-16)8-6-12-19/h4-5,7,9-11,19H,3,12-13H2,1-2H3. The predicted octanol–water partition coefficient (Wildman–Crippen LogP) is 3.43. The highest BCUT2D eigenvalue weighted by molar-refractivity contribution is 7.12. The summed E-state index contributed by atoms with van der Waals surface area (Å²) in [6.45, 7) is 6.10. The van der Waals surface area contributed by atoms with E-state index in [4.69, 9.17) is 5.11 Å². The van der Waals surface area contributed by atoms with Crippen molar-refractivity contribution in [2.24, 2.45) is 0 Å². The number of hydrogen-bond acceptors (Lipinski definition) is 3. The summed E-state index contributed by atoms with van der Waals surface area (Å²) in [6, 6.07) is 12.6. The van der Waals surface area contributed by atoms with E-state index in [2.05, 4.69) is 60.9 Å². The second-order valence-corrected chi connectivity index (χ2v) is 5.69. The van der Waals surface area contributed by atoms with Gasteiger partial charge in [0.25, 0.3) is 0 Å². The lowest BCUT2D eigenvalue weighted by Gasteiger charge is -2.24. The number of thiophene rings is 1. The first kappa shape index (κ1) is 14.6. The molecule has 0 spiro atoms. The van der Waals surface area contributed by atoms with Crippen molar-refractivity contribution in [3.8, 4) is 11.8 Å². The molecule has 1 N–H and O–H groups in total. The molecule has 2 aromatic rings. The molecule has 1 aromatic carbocycles. The first-order valence-electron chi connectivity index (χ1n) is 6.73. The third-order valence-corrected chi connectivity index (χ3v) is 4.12. The van der Waals surface area contributed by atoms with Gasteiger partial charge in [-0.15, -0.1) is 11.3 Å². The van der Waals surface area contributed by atoms with Gasteiger partial charge in [0.15, 0.2) is 0 Å². The van der Waals surface area contributed by atoms with Gasteiger partial charge in [-0.2, -0.15) is 0 Å². The van der Waals surface area contributed by atoms with Crippen LogP contribution in [0, 0.1) is 18.8 Å². The monoisotopic (exact) mass is 285 g/mol. The zero-order valence-electron chi connectivity index (χ0n) is 11.9. The topological polar surface area (TPSA) is 23.5 Å². The number of benzene rings is 1. The number of rotatable bonds is 4. The van der Waals surface area contributed by atoms with E-state index in [1.54, 1.807) is 11.3 Å². The molecule has 20 heavy (non-hydrogen) atoms. The zero-order chi connectivity index (χ0) is 14.4. The Morgan fingerprint density at radius 1 is 1.20 bits per heavy atom. The summed E-state index contributed by atoms with van der Waals surface area (Å²) in [5.41, 5.74) is 2.58. The smallest absolute Gasteiger partial charge is 0.104 e. The number of anilines is 1. The molecule has 0 radical (unpaired) electrons. The minimum absolute atomic E-state index is 0.0858. The van der Waals surface area contributed by atoms with Gasteiger partial charge in [-0.3, -0.25) is 0 Å². The molecule has 2 rings (SSSR count). The van der Waals surface area contributed by atoms with E-state index in [1.807, 2.05) is 6.07 Å². The molecule has 0 unspecified atom stereocenters. The van der Waals surface area contributed by atoms with Crippen molar-refractivity contribution in [1.29, 1.82) is 0 Å². The lowest BCUT2D eigenvalue weighted by Crippen LogP contribution is -2.22. The van der Waals surface area contributed by atoms with Gasteiger partial charge in [0.1, 0.15) is 6.61 Å². The van der Waals surface area contributed by atoms with Gasteiger partial charge in [0.05, 0.1) is 11.4 Å². The van der Waals surface area contributed by atoms with Gasteiger partial charge in [-0.25, -0.2) is 0 Å². The van der Waals surface area contributed by atoms with Crippen LogP contribution in [0.25, 0.3) is 0 Å². The number of hydrogen-bond donors (Lipinski definition) is 1. The van der Waals surface area contributed by atoms with Crippen molar-refractivity contribution in [2.45, 2.75) is 20.4 Å². The summed E-state index contributed by atoms with van der Waals surface area (Å²) < 4.78 is 0. The van der Waals surface area contributed by atoms with Crippen LogP contribution in [0.15, 0.2) is 36.4 Å². The normalized spacial score (nSPS) is 9.95. The fourth-order valence-electron chi connectivity index (χ4n) is 2.13. The largest absolute Gasteiger partial charge is 0.384 e. The van der Waals surface area contributed by atoms with Crippen molar-refractivity contribution < 1.29 is 5.11 Å². The molecule has 0 amide bonds.